The molecule has 0 saturated heterocycles. The fraction of sp³-hybridized carbons (Fsp3) is 0.214. The van der Waals surface area contributed by atoms with Gasteiger partial charge in [-0.1, -0.05) is 35.2 Å². The highest BCUT2D eigenvalue weighted by atomic mass is 32.2. The molecule has 0 spiro atoms. The third kappa shape index (κ3) is 4.74. The average Bonchev–Trinajstić information content (AvgIpc) is 3.29. The van der Waals surface area contributed by atoms with Gasteiger partial charge in [-0.25, -0.2) is 0 Å². The Morgan fingerprint density at radius 1 is 1.26 bits per heavy atom. The van der Waals surface area contributed by atoms with Crippen molar-refractivity contribution in [1.82, 2.24) is 20.4 Å². The molecule has 0 bridgehead atoms. The quantitative estimate of drug-likeness (QED) is 0.609. The Balaban J connectivity index is 1.58. The lowest BCUT2D eigenvalue weighted by Crippen LogP contribution is -2.13. The summed E-state index contributed by atoms with van der Waals surface area (Å²) >= 11 is 1.17. The highest BCUT2D eigenvalue weighted by molar-refractivity contribution is 7.99. The second-order valence-corrected chi connectivity index (χ2v) is 6.72. The minimum absolute atomic E-state index is 0.124. The van der Waals surface area contributed by atoms with E-state index in [0.717, 1.165) is 11.8 Å². The number of halogens is 3. The van der Waals surface area contributed by atoms with Gasteiger partial charge in [-0.15, -0.1) is 20.4 Å². The molecular formula is C14H10F3N5O3S2. The van der Waals surface area contributed by atoms with E-state index in [2.05, 4.69) is 25.7 Å². The molecule has 0 aliphatic carbocycles. The van der Waals surface area contributed by atoms with Gasteiger partial charge in [0.05, 0.1) is 18.4 Å². The molecule has 1 amide bonds. The number of hydrogen-bond donors (Lipinski definition) is 1. The molecular weight excluding hydrogens is 407 g/mol. The molecule has 0 atom stereocenters. The smallest absolute Gasteiger partial charge is 0.445 e. The van der Waals surface area contributed by atoms with Crippen LogP contribution < -0.4 is 10.1 Å². The summed E-state index contributed by atoms with van der Waals surface area (Å²) in [5, 5.41) is 15.0. The minimum atomic E-state index is -4.60. The van der Waals surface area contributed by atoms with E-state index in [4.69, 9.17) is 9.15 Å². The first-order chi connectivity index (χ1) is 12.9. The second-order valence-electron chi connectivity index (χ2n) is 4.82. The molecule has 8 nitrogen and oxygen atoms in total. The minimum Gasteiger partial charge on any atom is -0.496 e. The number of hydrogen-bond acceptors (Lipinski definition) is 9. The van der Waals surface area contributed by atoms with E-state index in [1.54, 1.807) is 24.3 Å². The fourth-order valence-electron chi connectivity index (χ4n) is 1.87. The zero-order valence-corrected chi connectivity index (χ0v) is 15.1. The van der Waals surface area contributed by atoms with Gasteiger partial charge in [-0.05, 0) is 12.1 Å². The Hall–Kier alpha value is -2.67. The Bertz CT molecular complexity index is 944. The van der Waals surface area contributed by atoms with E-state index >= 15 is 0 Å². The third-order valence-electron chi connectivity index (χ3n) is 2.98. The summed E-state index contributed by atoms with van der Waals surface area (Å²) in [4.78, 5) is 11.8. The lowest BCUT2D eigenvalue weighted by Gasteiger charge is -2.03. The van der Waals surface area contributed by atoms with E-state index in [1.165, 1.54) is 7.11 Å². The van der Waals surface area contributed by atoms with Crippen molar-refractivity contribution >= 4 is 34.1 Å². The second kappa shape index (κ2) is 7.92. The van der Waals surface area contributed by atoms with Gasteiger partial charge in [-0.3, -0.25) is 10.1 Å². The van der Waals surface area contributed by atoms with Crippen LogP contribution >= 0.6 is 23.1 Å². The molecule has 0 saturated carbocycles. The number of methoxy groups -OCH3 is 1. The Labute approximate surface area is 158 Å². The molecule has 142 valence electrons. The molecule has 1 N–H and O–H groups in total. The van der Waals surface area contributed by atoms with Crippen molar-refractivity contribution in [3.05, 3.63) is 29.3 Å². The Morgan fingerprint density at radius 3 is 2.74 bits per heavy atom. The molecule has 2 heterocycles. The number of carbonyl (C=O) groups excluding carboxylic acids is 1. The summed E-state index contributed by atoms with van der Waals surface area (Å²) in [7, 11) is 1.51. The van der Waals surface area contributed by atoms with Gasteiger partial charge in [0.2, 0.25) is 16.0 Å². The topological polar surface area (TPSA) is 103 Å². The summed E-state index contributed by atoms with van der Waals surface area (Å²) in [6.45, 7) is 0. The van der Waals surface area contributed by atoms with Crippen LogP contribution in [0.4, 0.5) is 18.3 Å². The molecule has 3 aromatic rings. The van der Waals surface area contributed by atoms with Crippen LogP contribution in [0.1, 0.15) is 5.01 Å². The first-order valence-corrected chi connectivity index (χ1v) is 8.97. The van der Waals surface area contributed by atoms with Gasteiger partial charge in [0.25, 0.3) is 11.1 Å². The predicted molar refractivity (Wildman–Crippen MR) is 90.6 cm³/mol. The number of amides is 1. The number of ether oxygens (including phenoxy) is 1. The number of benzene rings is 1. The van der Waals surface area contributed by atoms with Gasteiger partial charge in [0.1, 0.15) is 5.75 Å². The molecule has 27 heavy (non-hydrogen) atoms. The summed E-state index contributed by atoms with van der Waals surface area (Å²) in [6.07, 6.45) is -4.60. The molecule has 0 aliphatic heterocycles. The van der Waals surface area contributed by atoms with Crippen molar-refractivity contribution in [2.75, 3.05) is 18.2 Å². The first kappa shape index (κ1) is 19.1. The molecule has 13 heteroatoms. The van der Waals surface area contributed by atoms with Gasteiger partial charge in [-0.2, -0.15) is 13.2 Å². The van der Waals surface area contributed by atoms with Crippen LogP contribution in [0.5, 0.6) is 5.75 Å². The Morgan fingerprint density at radius 2 is 2.04 bits per heavy atom. The van der Waals surface area contributed by atoms with Crippen molar-refractivity contribution < 1.29 is 27.1 Å². The zero-order chi connectivity index (χ0) is 19.4. The van der Waals surface area contributed by atoms with E-state index < -0.39 is 17.1 Å². The number of para-hydroxylation sites is 1. The monoisotopic (exact) mass is 417 g/mol. The number of rotatable bonds is 6. The number of nitrogens with zero attached hydrogens (tertiary/aromatic N) is 4. The lowest BCUT2D eigenvalue weighted by molar-refractivity contribution is -0.138. The molecule has 0 unspecified atom stereocenters. The third-order valence-corrected chi connectivity index (χ3v) is 4.69. The van der Waals surface area contributed by atoms with Crippen LogP contribution in [0.3, 0.4) is 0 Å². The zero-order valence-electron chi connectivity index (χ0n) is 13.5. The molecule has 2 aromatic heterocycles. The van der Waals surface area contributed by atoms with Crippen LogP contribution in [0.25, 0.3) is 11.5 Å². The van der Waals surface area contributed by atoms with Crippen LogP contribution in [0.2, 0.25) is 0 Å². The fourth-order valence-corrected chi connectivity index (χ4v) is 3.06. The summed E-state index contributed by atoms with van der Waals surface area (Å²) in [6, 6.07) is 7.04. The number of aromatic nitrogens is 4. The van der Waals surface area contributed by atoms with Gasteiger partial charge < -0.3 is 9.15 Å². The van der Waals surface area contributed by atoms with Crippen LogP contribution in [-0.2, 0) is 11.0 Å². The largest absolute Gasteiger partial charge is 0.496 e. The number of carbonyl (C=O) groups is 1. The van der Waals surface area contributed by atoms with Crippen LogP contribution in [0, 0.1) is 0 Å². The number of anilines is 1. The van der Waals surface area contributed by atoms with E-state index in [-0.39, 0.29) is 33.3 Å². The molecule has 0 aliphatic rings. The SMILES string of the molecule is COc1ccccc1-c1nnc(SCC(=O)Nc2nnc(C(F)(F)F)s2)o1. The highest BCUT2D eigenvalue weighted by Gasteiger charge is 2.35. The van der Waals surface area contributed by atoms with E-state index in [0.29, 0.717) is 11.3 Å². The van der Waals surface area contributed by atoms with Crippen LogP contribution in [0.15, 0.2) is 33.9 Å². The van der Waals surface area contributed by atoms with Crippen molar-refractivity contribution in [3.8, 4) is 17.2 Å². The number of nitrogens with one attached hydrogen (secondary N) is 1. The summed E-state index contributed by atoms with van der Waals surface area (Å²) in [5.41, 5.74) is 0.595. The van der Waals surface area contributed by atoms with Crippen LogP contribution in [-0.4, -0.2) is 39.2 Å². The normalized spacial score (nSPS) is 11.4. The van der Waals surface area contributed by atoms with Crippen molar-refractivity contribution in [3.63, 3.8) is 0 Å². The van der Waals surface area contributed by atoms with Gasteiger partial charge in [0, 0.05) is 0 Å². The predicted octanol–water partition coefficient (Wildman–Crippen LogP) is 3.35. The van der Waals surface area contributed by atoms with Gasteiger partial charge >= 0.3 is 6.18 Å². The van der Waals surface area contributed by atoms with E-state index in [1.807, 2.05) is 0 Å². The summed E-state index contributed by atoms with van der Waals surface area (Å²) < 4.78 is 48.1. The van der Waals surface area contributed by atoms with Crippen molar-refractivity contribution in [2.45, 2.75) is 11.4 Å². The maximum atomic E-state index is 12.5. The maximum Gasteiger partial charge on any atom is 0.445 e. The lowest BCUT2D eigenvalue weighted by atomic mass is 10.2. The van der Waals surface area contributed by atoms with Crippen molar-refractivity contribution in [1.29, 1.82) is 0 Å². The standard InChI is InChI=1S/C14H10F3N5O3S2/c1-24-8-5-3-2-4-7(8)10-19-22-13(25-10)26-6-9(23)18-12-21-20-11(27-12)14(15,16)17/h2-5H,6H2,1H3,(H,18,21,23). The highest BCUT2D eigenvalue weighted by Crippen LogP contribution is 2.33. The Kier molecular flexibility index (Phi) is 5.60. The number of alkyl halides is 3. The molecule has 1 aromatic carbocycles. The molecule has 0 radical (unpaired) electrons. The number of thioether (sulfide) groups is 1. The molecule has 3 rings (SSSR count). The molecule has 0 fully saturated rings. The van der Waals surface area contributed by atoms with Crippen molar-refractivity contribution in [2.24, 2.45) is 0 Å². The maximum absolute atomic E-state index is 12.5. The average molecular weight is 417 g/mol. The van der Waals surface area contributed by atoms with Gasteiger partial charge in [0.15, 0.2) is 0 Å². The van der Waals surface area contributed by atoms with E-state index in [9.17, 15) is 18.0 Å². The summed E-state index contributed by atoms with van der Waals surface area (Å²) in [5.74, 6) is 0.0255. The first-order valence-electron chi connectivity index (χ1n) is 7.17.